The number of nitrogens with one attached hydrogen (secondary N) is 2. The fourth-order valence-corrected chi connectivity index (χ4v) is 4.49. The second kappa shape index (κ2) is 9.49. The van der Waals surface area contributed by atoms with Crippen LogP contribution in [0.1, 0.15) is 31.1 Å². The van der Waals surface area contributed by atoms with E-state index in [2.05, 4.69) is 40.7 Å². The molecule has 0 aliphatic heterocycles. The van der Waals surface area contributed by atoms with Gasteiger partial charge in [-0.2, -0.15) is 0 Å². The zero-order valence-corrected chi connectivity index (χ0v) is 19.5. The van der Waals surface area contributed by atoms with Crippen LogP contribution in [-0.2, 0) is 10.0 Å². The lowest BCUT2D eigenvalue weighted by Crippen LogP contribution is -2.30. The summed E-state index contributed by atoms with van der Waals surface area (Å²) < 4.78 is 25.0. The van der Waals surface area contributed by atoms with E-state index in [1.54, 1.807) is 24.3 Å². The van der Waals surface area contributed by atoms with Crippen molar-refractivity contribution in [3.63, 3.8) is 0 Å². The predicted molar refractivity (Wildman–Crippen MR) is 129 cm³/mol. The van der Waals surface area contributed by atoms with Gasteiger partial charge >= 0.3 is 0 Å². The molecule has 1 amide bonds. The van der Waals surface area contributed by atoms with Gasteiger partial charge in [0.2, 0.25) is 10.0 Å². The maximum atomic E-state index is 12.6. The second-order valence-corrected chi connectivity index (χ2v) is 9.98. The van der Waals surface area contributed by atoms with Crippen LogP contribution in [0, 0.1) is 0 Å². The first kappa shape index (κ1) is 22.8. The van der Waals surface area contributed by atoms with Crippen LogP contribution in [0.4, 0.5) is 16.5 Å². The summed E-state index contributed by atoms with van der Waals surface area (Å²) in [5.41, 5.74) is 3.67. The summed E-state index contributed by atoms with van der Waals surface area (Å²) in [6.45, 7) is 7.28. The molecule has 0 unspecified atom stereocenters. The van der Waals surface area contributed by atoms with Crippen molar-refractivity contribution in [2.24, 2.45) is 0 Å². The molecule has 0 spiro atoms. The van der Waals surface area contributed by atoms with Crippen LogP contribution in [0.15, 0.2) is 53.9 Å². The highest BCUT2D eigenvalue weighted by Gasteiger charge is 2.13. The molecule has 3 rings (SSSR count). The van der Waals surface area contributed by atoms with Crippen molar-refractivity contribution in [3.8, 4) is 11.3 Å². The number of sulfonamides is 1. The Bertz CT molecular complexity index is 1140. The summed E-state index contributed by atoms with van der Waals surface area (Å²) in [6.07, 6.45) is 1.11. The third kappa shape index (κ3) is 6.05. The van der Waals surface area contributed by atoms with Crippen molar-refractivity contribution in [3.05, 3.63) is 59.5 Å². The van der Waals surface area contributed by atoms with E-state index in [1.165, 1.54) is 11.3 Å². The van der Waals surface area contributed by atoms with Crippen LogP contribution in [-0.4, -0.2) is 38.2 Å². The number of carbonyl (C=O) groups excluding carboxylic acids is 1. The van der Waals surface area contributed by atoms with Gasteiger partial charge in [0.25, 0.3) is 5.91 Å². The van der Waals surface area contributed by atoms with Gasteiger partial charge in [-0.15, -0.1) is 11.3 Å². The lowest BCUT2D eigenvalue weighted by atomic mass is 10.1. The molecule has 0 saturated heterocycles. The third-order valence-corrected chi connectivity index (χ3v) is 6.00. The van der Waals surface area contributed by atoms with Gasteiger partial charge in [-0.3, -0.25) is 14.8 Å². The average Bonchev–Trinajstić information content (AvgIpc) is 3.16. The van der Waals surface area contributed by atoms with Crippen molar-refractivity contribution in [1.82, 2.24) is 4.98 Å². The molecule has 0 aliphatic rings. The van der Waals surface area contributed by atoms with Gasteiger partial charge < -0.3 is 4.90 Å². The Morgan fingerprint density at radius 1 is 1.10 bits per heavy atom. The van der Waals surface area contributed by atoms with Crippen molar-refractivity contribution in [2.75, 3.05) is 27.7 Å². The summed E-state index contributed by atoms with van der Waals surface area (Å²) in [6, 6.07) is 14.8. The Morgan fingerprint density at radius 2 is 1.74 bits per heavy atom. The smallest absolute Gasteiger partial charge is 0.257 e. The number of anilines is 3. The number of rotatable bonds is 8. The van der Waals surface area contributed by atoms with Crippen molar-refractivity contribution in [2.45, 2.75) is 26.8 Å². The van der Waals surface area contributed by atoms with Crippen LogP contribution in [0.3, 0.4) is 0 Å². The first-order valence-electron chi connectivity index (χ1n) is 9.88. The summed E-state index contributed by atoms with van der Waals surface area (Å²) in [7, 11) is -3.32. The largest absolute Gasteiger partial charge is 0.369 e. The summed E-state index contributed by atoms with van der Waals surface area (Å²) in [5.74, 6) is -0.215. The Balaban J connectivity index is 1.67. The van der Waals surface area contributed by atoms with Gasteiger partial charge in [-0.05, 0) is 57.2 Å². The Kier molecular flexibility index (Phi) is 6.97. The van der Waals surface area contributed by atoms with Gasteiger partial charge in [0.05, 0.1) is 11.9 Å². The molecule has 1 heterocycles. The standard InChI is InChI=1S/C22H26N4O3S2/c1-5-26(15(2)3)19-12-8-17(9-13-19)21(27)24-22-23-20(14-30-22)16-6-10-18(11-7-16)25-31(4,28)29/h6-15,25H,5H2,1-4H3,(H,23,24,27). The number of hydrogen-bond acceptors (Lipinski definition) is 6. The van der Waals surface area contributed by atoms with Gasteiger partial charge in [0.1, 0.15) is 0 Å². The molecular formula is C22H26N4O3S2. The van der Waals surface area contributed by atoms with E-state index in [0.29, 0.717) is 28.1 Å². The molecule has 7 nitrogen and oxygen atoms in total. The maximum Gasteiger partial charge on any atom is 0.257 e. The predicted octanol–water partition coefficient (Wildman–Crippen LogP) is 4.67. The highest BCUT2D eigenvalue weighted by molar-refractivity contribution is 7.92. The van der Waals surface area contributed by atoms with Gasteiger partial charge in [-0.1, -0.05) is 12.1 Å². The molecule has 164 valence electrons. The van der Waals surface area contributed by atoms with E-state index < -0.39 is 10.0 Å². The van der Waals surface area contributed by atoms with Crippen LogP contribution in [0.2, 0.25) is 0 Å². The Hall–Kier alpha value is -2.91. The van der Waals surface area contributed by atoms with Crippen molar-refractivity contribution < 1.29 is 13.2 Å². The topological polar surface area (TPSA) is 91.4 Å². The molecule has 3 aromatic rings. The van der Waals surface area contributed by atoms with E-state index >= 15 is 0 Å². The molecule has 0 aliphatic carbocycles. The molecule has 0 fully saturated rings. The minimum atomic E-state index is -3.32. The van der Waals surface area contributed by atoms with E-state index in [9.17, 15) is 13.2 Å². The summed E-state index contributed by atoms with van der Waals surface area (Å²) in [4.78, 5) is 19.3. The minimum absolute atomic E-state index is 0.215. The highest BCUT2D eigenvalue weighted by atomic mass is 32.2. The first-order chi connectivity index (χ1) is 14.7. The normalized spacial score (nSPS) is 11.4. The monoisotopic (exact) mass is 458 g/mol. The van der Waals surface area contributed by atoms with Crippen LogP contribution >= 0.6 is 11.3 Å². The van der Waals surface area contributed by atoms with E-state index in [0.717, 1.165) is 24.1 Å². The molecule has 2 aromatic carbocycles. The Labute approximate surface area is 187 Å². The number of nitrogens with zero attached hydrogens (tertiary/aromatic N) is 2. The quantitative estimate of drug-likeness (QED) is 0.512. The molecule has 9 heteroatoms. The molecule has 0 bridgehead atoms. The van der Waals surface area contributed by atoms with Gasteiger partial charge in [-0.25, -0.2) is 13.4 Å². The highest BCUT2D eigenvalue weighted by Crippen LogP contribution is 2.27. The van der Waals surface area contributed by atoms with E-state index in [-0.39, 0.29) is 5.91 Å². The number of benzene rings is 2. The summed E-state index contributed by atoms with van der Waals surface area (Å²) >= 11 is 1.33. The van der Waals surface area contributed by atoms with Crippen LogP contribution < -0.4 is 14.9 Å². The number of amides is 1. The number of thiazole rings is 1. The fraction of sp³-hybridized carbons (Fsp3) is 0.273. The van der Waals surface area contributed by atoms with Crippen molar-refractivity contribution in [1.29, 1.82) is 0 Å². The molecule has 2 N–H and O–H groups in total. The van der Waals surface area contributed by atoms with Gasteiger partial charge in [0, 0.05) is 40.5 Å². The molecule has 0 saturated carbocycles. The van der Waals surface area contributed by atoms with Crippen LogP contribution in [0.25, 0.3) is 11.3 Å². The lowest BCUT2D eigenvalue weighted by Gasteiger charge is -2.27. The summed E-state index contributed by atoms with van der Waals surface area (Å²) in [5, 5.41) is 5.19. The average molecular weight is 459 g/mol. The fourth-order valence-electron chi connectivity index (χ4n) is 3.21. The van der Waals surface area contributed by atoms with Gasteiger partial charge in [0.15, 0.2) is 5.13 Å². The first-order valence-corrected chi connectivity index (χ1v) is 12.6. The van der Waals surface area contributed by atoms with Crippen LogP contribution in [0.5, 0.6) is 0 Å². The van der Waals surface area contributed by atoms with E-state index in [1.807, 2.05) is 29.6 Å². The number of aromatic nitrogens is 1. The molecule has 0 radical (unpaired) electrons. The zero-order chi connectivity index (χ0) is 22.6. The van der Waals surface area contributed by atoms with Crippen molar-refractivity contribution >= 4 is 43.8 Å². The molecule has 1 aromatic heterocycles. The zero-order valence-electron chi connectivity index (χ0n) is 17.9. The molecular weight excluding hydrogens is 432 g/mol. The number of hydrogen-bond donors (Lipinski definition) is 2. The third-order valence-electron chi connectivity index (χ3n) is 4.63. The number of carbonyl (C=O) groups is 1. The minimum Gasteiger partial charge on any atom is -0.369 e. The molecule has 31 heavy (non-hydrogen) atoms. The second-order valence-electron chi connectivity index (χ2n) is 7.37. The SMILES string of the molecule is CCN(c1ccc(C(=O)Nc2nc(-c3ccc(NS(C)(=O)=O)cc3)cs2)cc1)C(C)C. The Morgan fingerprint density at radius 3 is 2.29 bits per heavy atom. The lowest BCUT2D eigenvalue weighted by molar-refractivity contribution is 0.102. The maximum absolute atomic E-state index is 12.6. The molecule has 0 atom stereocenters. The van der Waals surface area contributed by atoms with E-state index in [4.69, 9.17) is 0 Å².